The van der Waals surface area contributed by atoms with Gasteiger partial charge in [-0.3, -0.25) is 4.57 Å². The lowest BCUT2D eigenvalue weighted by Crippen LogP contribution is -2.25. The van der Waals surface area contributed by atoms with E-state index in [0.717, 1.165) is 39.6 Å². The lowest BCUT2D eigenvalue weighted by molar-refractivity contribution is 0.569. The topological polar surface area (TPSA) is 27.5 Å². The predicted molar refractivity (Wildman–Crippen MR) is 314 cm³/mol. The quantitative estimate of drug-likeness (QED) is 0.159. The molecule has 0 atom stereocenters. The predicted octanol–water partition coefficient (Wildman–Crippen LogP) is 18.8. The van der Waals surface area contributed by atoms with Crippen molar-refractivity contribution in [2.24, 2.45) is 0 Å². The summed E-state index contributed by atoms with van der Waals surface area (Å²) in [5.74, 6) is 0.919. The first-order chi connectivity index (χ1) is 35.4. The fraction of sp³-hybridized carbons (Fsp3) is 0.232. The maximum atomic E-state index is 5.07. The lowest BCUT2D eigenvalue weighted by Gasteiger charge is -2.32. The van der Waals surface area contributed by atoms with E-state index in [1.807, 2.05) is 6.20 Å². The van der Waals surface area contributed by atoms with E-state index in [4.69, 9.17) is 4.98 Å². The Kier molecular flexibility index (Phi) is 10.9. The summed E-state index contributed by atoms with van der Waals surface area (Å²) in [6.45, 7) is 26.2. The monoisotopic (exact) mass is 966 g/mol. The van der Waals surface area contributed by atoms with Gasteiger partial charge in [-0.15, -0.1) is 0 Å². The molecule has 0 spiro atoms. The second kappa shape index (κ2) is 17.1. The second-order valence-electron chi connectivity index (χ2n) is 24.2. The Labute approximate surface area is 438 Å². The number of benzene rings is 8. The van der Waals surface area contributed by atoms with Crippen LogP contribution in [0.1, 0.15) is 104 Å². The van der Waals surface area contributed by atoms with Gasteiger partial charge in [-0.2, -0.15) is 0 Å². The molecule has 2 aromatic heterocycles. The fourth-order valence-corrected chi connectivity index (χ4v) is 11.7. The third-order valence-corrected chi connectivity index (χ3v) is 15.9. The minimum Gasteiger partial charge on any atom is -0.321 e. The second-order valence-corrected chi connectivity index (χ2v) is 24.2. The number of hydrogen-bond acceptors (Lipinski definition) is 4. The van der Waals surface area contributed by atoms with E-state index in [0.29, 0.717) is 6.67 Å². The first-order valence-electron chi connectivity index (χ1n) is 26.4. The van der Waals surface area contributed by atoms with Crippen LogP contribution in [0.4, 0.5) is 39.8 Å². The highest BCUT2D eigenvalue weighted by atomic mass is 15.4. The molecule has 8 aromatic carbocycles. The Morgan fingerprint density at radius 1 is 0.459 bits per heavy atom. The molecule has 0 radical (unpaired) electrons. The summed E-state index contributed by atoms with van der Waals surface area (Å²) >= 11 is 0. The number of rotatable bonds is 7. The molecule has 0 fully saturated rings. The number of aromatic nitrogens is 2. The van der Waals surface area contributed by atoms with Gasteiger partial charge in [0.2, 0.25) is 0 Å². The normalized spacial score (nSPS) is 14.1. The largest absolute Gasteiger partial charge is 0.321 e. The average Bonchev–Trinajstić information content (AvgIpc) is 4.01. The van der Waals surface area contributed by atoms with Gasteiger partial charge < -0.3 is 14.7 Å². The lowest BCUT2D eigenvalue weighted by atomic mass is 9.80. The molecule has 5 nitrogen and oxygen atoms in total. The van der Waals surface area contributed by atoms with Crippen LogP contribution in [0.15, 0.2) is 194 Å². The van der Waals surface area contributed by atoms with Crippen LogP contribution in [0, 0.1) is 0 Å². The van der Waals surface area contributed by atoms with E-state index < -0.39 is 0 Å². The Morgan fingerprint density at radius 3 is 1.82 bits per heavy atom. The highest BCUT2D eigenvalue weighted by molar-refractivity contribution is 6.10. The Balaban J connectivity index is 1.06. The maximum Gasteiger partial charge on any atom is 0.137 e. The molecule has 2 aliphatic rings. The third-order valence-electron chi connectivity index (χ3n) is 15.9. The minimum atomic E-state index is -0.145. The van der Waals surface area contributed by atoms with Crippen molar-refractivity contribution in [2.75, 3.05) is 21.4 Å². The third kappa shape index (κ3) is 7.78. The zero-order chi connectivity index (χ0) is 51.5. The molecule has 0 N–H and O–H groups in total. The number of fused-ring (bicyclic) bond motifs is 7. The molecule has 0 bridgehead atoms. The summed E-state index contributed by atoms with van der Waals surface area (Å²) in [5.41, 5.74) is 21.6. The SMILES string of the molecule is CC(C)(C)c1cc(N(c2cccc(N3CN(c4c(-c5ccccc5)ccc5c4-c4ccccc4C5(C)C)c4ccccc43)c2)c2ccc3c4ccccc4n(-c4cc(C(C)(C)C)ccn4)c3c2)cc(C(C)(C)C)c1. The summed E-state index contributed by atoms with van der Waals surface area (Å²) in [6, 6.07) is 70.4. The van der Waals surface area contributed by atoms with Gasteiger partial charge in [-0.05, 0) is 128 Å². The van der Waals surface area contributed by atoms with E-state index in [1.54, 1.807) is 0 Å². The van der Waals surface area contributed by atoms with E-state index in [2.05, 4.69) is 283 Å². The smallest absolute Gasteiger partial charge is 0.137 e. The van der Waals surface area contributed by atoms with Crippen LogP contribution in [-0.2, 0) is 21.7 Å². The average molecular weight is 966 g/mol. The van der Waals surface area contributed by atoms with Crippen LogP contribution in [0.25, 0.3) is 49.9 Å². The van der Waals surface area contributed by atoms with Gasteiger partial charge in [0.25, 0.3) is 0 Å². The van der Waals surface area contributed by atoms with Gasteiger partial charge in [0.05, 0.1) is 28.1 Å². The molecule has 5 heteroatoms. The minimum absolute atomic E-state index is 0.0349. The molecular weight excluding hydrogens is 899 g/mol. The van der Waals surface area contributed by atoms with Gasteiger partial charge in [0.1, 0.15) is 12.5 Å². The molecule has 0 saturated carbocycles. The molecule has 3 heterocycles. The van der Waals surface area contributed by atoms with Gasteiger partial charge in [-0.1, -0.05) is 191 Å². The molecule has 12 rings (SSSR count). The van der Waals surface area contributed by atoms with Crippen LogP contribution in [-0.4, -0.2) is 16.2 Å². The van der Waals surface area contributed by atoms with Gasteiger partial charge >= 0.3 is 0 Å². The maximum absolute atomic E-state index is 5.07. The van der Waals surface area contributed by atoms with Gasteiger partial charge in [-0.25, -0.2) is 4.98 Å². The van der Waals surface area contributed by atoms with Gasteiger partial charge in [0.15, 0.2) is 0 Å². The summed E-state index contributed by atoms with van der Waals surface area (Å²) in [5, 5.41) is 2.40. The number of hydrogen-bond donors (Lipinski definition) is 0. The summed E-state index contributed by atoms with van der Waals surface area (Å²) in [7, 11) is 0. The van der Waals surface area contributed by atoms with Crippen LogP contribution in [0.5, 0.6) is 0 Å². The number of pyridine rings is 1. The summed E-state index contributed by atoms with van der Waals surface area (Å²) < 4.78 is 2.36. The molecule has 10 aromatic rings. The standard InChI is InChI=1S/C69H67N5/c1-66(2,3)46-36-37-70-63(41-46)74-59-29-18-16-26-54(59)55-33-32-51(43-62(55)74)73(52-39-47(67(4,5)6)38-48(40-52)68(7,8)9)50-25-21-24-49(42-50)71-44-72(61-31-20-19-30-60(61)71)65-53(45-22-13-12-14-23-45)34-35-58-64(65)56-27-15-17-28-57(56)69(58,10)11/h12-43H,44H2,1-11H3. The zero-order valence-electron chi connectivity index (χ0n) is 44.9. The van der Waals surface area contributed by atoms with Crippen LogP contribution >= 0.6 is 0 Å². The fourth-order valence-electron chi connectivity index (χ4n) is 11.7. The molecule has 1 aliphatic heterocycles. The highest BCUT2D eigenvalue weighted by Crippen LogP contribution is 2.58. The molecule has 368 valence electrons. The van der Waals surface area contributed by atoms with Crippen LogP contribution in [0.2, 0.25) is 0 Å². The summed E-state index contributed by atoms with van der Waals surface area (Å²) in [4.78, 5) is 12.6. The number of nitrogens with zero attached hydrogens (tertiary/aromatic N) is 5. The molecule has 0 saturated heterocycles. The van der Waals surface area contributed by atoms with E-state index in [9.17, 15) is 0 Å². The molecule has 74 heavy (non-hydrogen) atoms. The van der Waals surface area contributed by atoms with Gasteiger partial charge in [0, 0.05) is 56.3 Å². The van der Waals surface area contributed by atoms with Crippen molar-refractivity contribution in [3.63, 3.8) is 0 Å². The van der Waals surface area contributed by atoms with E-state index in [1.165, 1.54) is 77.9 Å². The first kappa shape index (κ1) is 47.1. The van der Waals surface area contributed by atoms with E-state index in [-0.39, 0.29) is 21.7 Å². The molecular formula is C69H67N5. The molecule has 1 aliphatic carbocycles. The number of anilines is 7. The Morgan fingerprint density at radius 2 is 1.09 bits per heavy atom. The van der Waals surface area contributed by atoms with Crippen molar-refractivity contribution in [1.82, 2.24) is 9.55 Å². The van der Waals surface area contributed by atoms with Crippen LogP contribution in [0.3, 0.4) is 0 Å². The van der Waals surface area contributed by atoms with Crippen molar-refractivity contribution in [1.29, 1.82) is 0 Å². The molecule has 0 unspecified atom stereocenters. The van der Waals surface area contributed by atoms with E-state index >= 15 is 0 Å². The van der Waals surface area contributed by atoms with Crippen molar-refractivity contribution in [3.05, 3.63) is 222 Å². The molecule has 0 amide bonds. The Hall–Kier alpha value is -7.89. The Bertz CT molecular complexity index is 3780. The zero-order valence-corrected chi connectivity index (χ0v) is 44.9. The highest BCUT2D eigenvalue weighted by Gasteiger charge is 2.41. The van der Waals surface area contributed by atoms with Crippen molar-refractivity contribution < 1.29 is 0 Å². The van der Waals surface area contributed by atoms with Crippen molar-refractivity contribution >= 4 is 61.6 Å². The first-order valence-corrected chi connectivity index (χ1v) is 26.4. The van der Waals surface area contributed by atoms with Crippen molar-refractivity contribution in [2.45, 2.75) is 97.8 Å². The van der Waals surface area contributed by atoms with Crippen molar-refractivity contribution in [3.8, 4) is 28.1 Å². The summed E-state index contributed by atoms with van der Waals surface area (Å²) in [6.07, 6.45) is 1.97. The number of para-hydroxylation sites is 3. The van der Waals surface area contributed by atoms with Crippen LogP contribution < -0.4 is 14.7 Å².